The highest BCUT2D eigenvalue weighted by Gasteiger charge is 2.54. The lowest BCUT2D eigenvalue weighted by Gasteiger charge is -2.49. The number of amides is 2. The SMILES string of the molecule is C=CC1=C(C(=O)O)N2C(=O)C(NC(=O)C(=NOCC(=O)OCC(N)C(=O)O)c3csc(N)n3)[C@@H]2SC1. The average Bonchev–Trinajstić information content (AvgIpc) is 3.27. The first-order valence-electron chi connectivity index (χ1n) is 9.94. The Morgan fingerprint density at radius 3 is 2.69 bits per heavy atom. The summed E-state index contributed by atoms with van der Waals surface area (Å²) in [5.41, 5.74) is 10.6. The average molecular weight is 541 g/mol. The highest BCUT2D eigenvalue weighted by atomic mass is 32.2. The number of anilines is 1. The molecule has 7 N–H and O–H groups in total. The topological polar surface area (TPSA) is 237 Å². The Hall–Kier alpha value is -3.96. The number of β-lactam (4-membered cyclic amide) rings is 1. The van der Waals surface area contributed by atoms with Crippen LogP contribution in [0.1, 0.15) is 5.69 Å². The third-order valence-corrected chi connectivity index (χ3v) is 6.77. The van der Waals surface area contributed by atoms with Crippen LogP contribution in [0.2, 0.25) is 0 Å². The molecule has 3 heterocycles. The number of carbonyl (C=O) groups is 5. The van der Waals surface area contributed by atoms with Gasteiger partial charge in [-0.3, -0.25) is 19.3 Å². The van der Waals surface area contributed by atoms with Crippen LogP contribution in [-0.4, -0.2) is 92.0 Å². The molecule has 17 heteroatoms. The number of allylic oxidation sites excluding steroid dienone is 1. The Bertz CT molecular complexity index is 1180. The summed E-state index contributed by atoms with van der Waals surface area (Å²) in [6.07, 6.45) is 1.36. The van der Waals surface area contributed by atoms with Gasteiger partial charge in [0.05, 0.1) is 0 Å². The number of nitrogens with zero attached hydrogens (tertiary/aromatic N) is 3. The van der Waals surface area contributed by atoms with Crippen LogP contribution in [-0.2, 0) is 33.5 Å². The number of hydrogen-bond acceptors (Lipinski definition) is 13. The van der Waals surface area contributed by atoms with Gasteiger partial charge in [0.2, 0.25) is 6.61 Å². The number of aromatic nitrogens is 1. The van der Waals surface area contributed by atoms with E-state index < -0.39 is 66.1 Å². The van der Waals surface area contributed by atoms with Crippen LogP contribution in [0.5, 0.6) is 0 Å². The molecule has 2 amide bonds. The number of nitrogens with two attached hydrogens (primary N) is 2. The number of oxime groups is 1. The lowest BCUT2D eigenvalue weighted by molar-refractivity contribution is -0.152. The van der Waals surface area contributed by atoms with Crippen LogP contribution in [0.4, 0.5) is 5.13 Å². The minimum Gasteiger partial charge on any atom is -0.480 e. The molecule has 2 aliphatic rings. The molecule has 1 aromatic rings. The molecule has 0 aromatic carbocycles. The number of hydrogen-bond donors (Lipinski definition) is 5. The van der Waals surface area contributed by atoms with Crippen molar-refractivity contribution in [3.8, 4) is 0 Å². The number of nitrogen functional groups attached to an aromatic ring is 1. The first-order valence-corrected chi connectivity index (χ1v) is 11.9. The molecular formula is C19H20N6O9S2. The van der Waals surface area contributed by atoms with Crippen molar-refractivity contribution in [3.63, 3.8) is 0 Å². The third kappa shape index (κ3) is 5.64. The van der Waals surface area contributed by atoms with E-state index in [-0.39, 0.29) is 22.3 Å². The minimum absolute atomic E-state index is 0.00347. The molecule has 0 aliphatic carbocycles. The molecule has 0 saturated carbocycles. The summed E-state index contributed by atoms with van der Waals surface area (Å²) in [4.78, 5) is 69.6. The van der Waals surface area contributed by atoms with Crippen molar-refractivity contribution in [2.45, 2.75) is 17.5 Å². The fourth-order valence-electron chi connectivity index (χ4n) is 3.06. The number of aliphatic carboxylic acids is 2. The van der Waals surface area contributed by atoms with E-state index in [4.69, 9.17) is 21.4 Å². The Labute approximate surface area is 210 Å². The number of nitrogens with one attached hydrogen (secondary N) is 1. The quantitative estimate of drug-likeness (QED) is 0.0914. The number of rotatable bonds is 11. The molecule has 1 aromatic heterocycles. The predicted octanol–water partition coefficient (Wildman–Crippen LogP) is -1.67. The largest absolute Gasteiger partial charge is 0.480 e. The fraction of sp³-hybridized carbons (Fsp3) is 0.316. The van der Waals surface area contributed by atoms with Crippen molar-refractivity contribution in [2.24, 2.45) is 10.9 Å². The molecule has 0 bridgehead atoms. The summed E-state index contributed by atoms with van der Waals surface area (Å²) in [6.45, 7) is 2.18. The van der Waals surface area contributed by atoms with Gasteiger partial charge in [-0.05, 0) is 5.57 Å². The zero-order valence-electron chi connectivity index (χ0n) is 18.3. The summed E-state index contributed by atoms with van der Waals surface area (Å²) in [5.74, 6) is -4.93. The van der Waals surface area contributed by atoms with Gasteiger partial charge in [-0.15, -0.1) is 23.1 Å². The van der Waals surface area contributed by atoms with E-state index in [0.717, 1.165) is 16.2 Å². The second kappa shape index (κ2) is 11.2. The van der Waals surface area contributed by atoms with Gasteiger partial charge in [-0.2, -0.15) is 0 Å². The lowest BCUT2D eigenvalue weighted by atomic mass is 10.0. The smallest absolute Gasteiger partial charge is 0.352 e. The molecule has 3 atom stereocenters. The number of esters is 1. The summed E-state index contributed by atoms with van der Waals surface area (Å²) >= 11 is 2.24. The molecule has 0 spiro atoms. The van der Waals surface area contributed by atoms with Crippen LogP contribution in [0.25, 0.3) is 0 Å². The van der Waals surface area contributed by atoms with Crippen LogP contribution >= 0.6 is 23.1 Å². The van der Waals surface area contributed by atoms with Crippen molar-refractivity contribution >= 4 is 63.7 Å². The van der Waals surface area contributed by atoms with Gasteiger partial charge in [0.15, 0.2) is 10.8 Å². The Morgan fingerprint density at radius 2 is 2.11 bits per heavy atom. The van der Waals surface area contributed by atoms with Gasteiger partial charge < -0.3 is 36.6 Å². The van der Waals surface area contributed by atoms with E-state index >= 15 is 0 Å². The number of ether oxygens (including phenoxy) is 1. The maximum atomic E-state index is 13.0. The number of carboxylic acid groups (broad SMARTS) is 2. The molecule has 15 nitrogen and oxygen atoms in total. The molecule has 3 rings (SSSR count). The van der Waals surface area contributed by atoms with Crippen LogP contribution in [0, 0.1) is 0 Å². The number of thioether (sulfide) groups is 1. The Balaban J connectivity index is 1.70. The summed E-state index contributed by atoms with van der Waals surface area (Å²) in [6, 6.07) is -2.49. The van der Waals surface area contributed by atoms with Crippen molar-refractivity contribution in [1.29, 1.82) is 0 Å². The van der Waals surface area contributed by atoms with Gasteiger partial charge in [-0.25, -0.2) is 14.6 Å². The zero-order chi connectivity index (χ0) is 26.6. The summed E-state index contributed by atoms with van der Waals surface area (Å²) in [7, 11) is 0. The normalized spacial score (nSPS) is 20.1. The van der Waals surface area contributed by atoms with E-state index in [2.05, 4.69) is 26.8 Å². The molecule has 1 saturated heterocycles. The second-order valence-corrected chi connectivity index (χ2v) is 9.15. The van der Waals surface area contributed by atoms with Gasteiger partial charge >= 0.3 is 17.9 Å². The van der Waals surface area contributed by atoms with E-state index in [1.165, 1.54) is 23.2 Å². The maximum Gasteiger partial charge on any atom is 0.352 e. The van der Waals surface area contributed by atoms with Gasteiger partial charge in [0, 0.05) is 11.1 Å². The van der Waals surface area contributed by atoms with E-state index in [1.54, 1.807) is 0 Å². The van der Waals surface area contributed by atoms with E-state index in [9.17, 15) is 29.1 Å². The standard InChI is InChI=1S/C19H20N6O9S2/c1-2-7-5-35-16-12(15(28)25(16)13(7)18(31)32)23-14(27)11(9-6-36-19(21)22-9)24-34-4-10(26)33-3-8(20)17(29)30/h2,6,8,12,16H,1,3-5,20H2,(H2,21,22)(H,23,27)(H,29,30)(H,31,32)/t8?,12?,16-/m0/s1. The number of thiazole rings is 1. The van der Waals surface area contributed by atoms with Crippen LogP contribution < -0.4 is 16.8 Å². The summed E-state index contributed by atoms with van der Waals surface area (Å²) < 4.78 is 4.64. The van der Waals surface area contributed by atoms with Crippen LogP contribution in [0.3, 0.4) is 0 Å². The second-order valence-electron chi connectivity index (χ2n) is 7.16. The van der Waals surface area contributed by atoms with Crippen molar-refractivity contribution in [1.82, 2.24) is 15.2 Å². The number of fused-ring (bicyclic) bond motifs is 1. The molecule has 36 heavy (non-hydrogen) atoms. The van der Waals surface area contributed by atoms with Crippen molar-refractivity contribution in [3.05, 3.63) is 35.0 Å². The highest BCUT2D eigenvalue weighted by Crippen LogP contribution is 2.40. The van der Waals surface area contributed by atoms with Crippen molar-refractivity contribution < 1.29 is 43.8 Å². The Kier molecular flexibility index (Phi) is 8.28. The lowest BCUT2D eigenvalue weighted by Crippen LogP contribution is -2.71. The first-order chi connectivity index (χ1) is 17.0. The van der Waals surface area contributed by atoms with Gasteiger partial charge in [0.1, 0.15) is 35.5 Å². The van der Waals surface area contributed by atoms with E-state index in [1.807, 2.05) is 0 Å². The van der Waals surface area contributed by atoms with E-state index in [0.29, 0.717) is 5.57 Å². The Morgan fingerprint density at radius 1 is 1.39 bits per heavy atom. The van der Waals surface area contributed by atoms with Gasteiger partial charge in [0.25, 0.3) is 11.8 Å². The zero-order valence-corrected chi connectivity index (χ0v) is 19.9. The molecule has 192 valence electrons. The number of carbonyl (C=O) groups excluding carboxylic acids is 3. The summed E-state index contributed by atoms with van der Waals surface area (Å²) in [5, 5.41) is 25.1. The highest BCUT2D eigenvalue weighted by molar-refractivity contribution is 8.00. The minimum atomic E-state index is -1.42. The number of carboxylic acids is 2. The monoisotopic (exact) mass is 540 g/mol. The molecule has 0 radical (unpaired) electrons. The van der Waals surface area contributed by atoms with Crippen LogP contribution in [0.15, 0.2) is 34.5 Å². The fourth-order valence-corrected chi connectivity index (χ4v) is 4.94. The molecular weight excluding hydrogens is 520 g/mol. The van der Waals surface area contributed by atoms with Crippen molar-refractivity contribution in [2.75, 3.05) is 24.7 Å². The molecule has 2 aliphatic heterocycles. The predicted molar refractivity (Wildman–Crippen MR) is 125 cm³/mol. The maximum absolute atomic E-state index is 13.0. The third-order valence-electron chi connectivity index (χ3n) is 4.79. The van der Waals surface area contributed by atoms with Gasteiger partial charge in [-0.1, -0.05) is 17.8 Å². The molecule has 1 fully saturated rings. The molecule has 2 unspecified atom stereocenters. The first kappa shape index (κ1) is 26.6.